The number of sulfonamides is 1. The summed E-state index contributed by atoms with van der Waals surface area (Å²) in [5, 5.41) is 0.357. The molecule has 3 rings (SSSR count). The molecule has 0 amide bonds. The highest BCUT2D eigenvalue weighted by atomic mass is 35.5. The van der Waals surface area contributed by atoms with Crippen molar-refractivity contribution in [2.45, 2.75) is 11.1 Å². The van der Waals surface area contributed by atoms with Gasteiger partial charge in [0.25, 0.3) is 10.0 Å². The molecular weight excluding hydrogens is 336 g/mol. The third-order valence-electron chi connectivity index (χ3n) is 2.58. The van der Waals surface area contributed by atoms with Crippen molar-refractivity contribution in [2.24, 2.45) is 0 Å². The van der Waals surface area contributed by atoms with Gasteiger partial charge in [0.1, 0.15) is 4.21 Å². The highest BCUT2D eigenvalue weighted by molar-refractivity contribution is 7.95. The molecule has 0 saturated heterocycles. The minimum absolute atomic E-state index is 0.179. The van der Waals surface area contributed by atoms with E-state index < -0.39 is 10.0 Å². The summed E-state index contributed by atoms with van der Waals surface area (Å²) in [6, 6.07) is 8.84. The van der Waals surface area contributed by atoms with Crippen LogP contribution in [0.4, 0.5) is 5.13 Å². The van der Waals surface area contributed by atoms with Gasteiger partial charge in [-0.3, -0.25) is 4.72 Å². The van der Waals surface area contributed by atoms with Gasteiger partial charge in [0, 0.05) is 0 Å². The first-order valence-corrected chi connectivity index (χ1v) is 9.09. The van der Waals surface area contributed by atoms with Crippen molar-refractivity contribution < 1.29 is 8.42 Å². The summed E-state index contributed by atoms with van der Waals surface area (Å²) in [6.45, 7) is 1.98. The van der Waals surface area contributed by atoms with Gasteiger partial charge in [-0.25, -0.2) is 13.4 Å². The van der Waals surface area contributed by atoms with Crippen molar-refractivity contribution in [3.63, 3.8) is 0 Å². The van der Waals surface area contributed by atoms with Crippen LogP contribution in [0.2, 0.25) is 4.34 Å². The average Bonchev–Trinajstić information content (AvgIpc) is 2.94. The SMILES string of the molecule is Cc1ccc2nc(NS(=O)(=O)c3ccc(Cl)s3)sc2c1. The molecule has 0 aliphatic rings. The van der Waals surface area contributed by atoms with Gasteiger partial charge in [-0.15, -0.1) is 11.3 Å². The second-order valence-corrected chi connectivity index (χ2v) is 8.81. The number of thiazole rings is 1. The zero-order chi connectivity index (χ0) is 14.3. The summed E-state index contributed by atoms with van der Waals surface area (Å²) in [6.07, 6.45) is 0. The number of benzene rings is 1. The van der Waals surface area contributed by atoms with Crippen LogP contribution in [0.3, 0.4) is 0 Å². The second kappa shape index (κ2) is 5.00. The number of anilines is 1. The molecule has 8 heteroatoms. The van der Waals surface area contributed by atoms with Gasteiger partial charge < -0.3 is 0 Å². The van der Waals surface area contributed by atoms with Crippen LogP contribution in [0, 0.1) is 6.92 Å². The van der Waals surface area contributed by atoms with Crippen molar-refractivity contribution in [1.82, 2.24) is 4.98 Å². The molecule has 20 heavy (non-hydrogen) atoms. The number of hydrogen-bond donors (Lipinski definition) is 1. The Hall–Kier alpha value is -1.15. The molecule has 104 valence electrons. The van der Waals surface area contributed by atoms with Crippen LogP contribution in [0.25, 0.3) is 10.2 Å². The molecule has 0 aliphatic heterocycles. The first kappa shape index (κ1) is 13.8. The van der Waals surface area contributed by atoms with Crippen LogP contribution >= 0.6 is 34.3 Å². The van der Waals surface area contributed by atoms with Crippen molar-refractivity contribution in [1.29, 1.82) is 0 Å². The van der Waals surface area contributed by atoms with E-state index in [-0.39, 0.29) is 4.21 Å². The number of thiophene rings is 1. The molecule has 0 radical (unpaired) electrons. The van der Waals surface area contributed by atoms with Gasteiger partial charge in [-0.1, -0.05) is 29.0 Å². The van der Waals surface area contributed by atoms with E-state index in [0.717, 1.165) is 27.1 Å². The molecule has 0 aliphatic carbocycles. The number of halogens is 1. The first-order chi connectivity index (χ1) is 9.44. The Morgan fingerprint density at radius 1 is 1.20 bits per heavy atom. The van der Waals surface area contributed by atoms with E-state index in [1.807, 2.05) is 25.1 Å². The van der Waals surface area contributed by atoms with Gasteiger partial charge in [0.05, 0.1) is 14.6 Å². The molecule has 0 atom stereocenters. The van der Waals surface area contributed by atoms with Crippen LogP contribution < -0.4 is 4.72 Å². The molecule has 0 fully saturated rings. The van der Waals surface area contributed by atoms with Gasteiger partial charge in [0.15, 0.2) is 5.13 Å². The molecule has 0 bridgehead atoms. The van der Waals surface area contributed by atoms with Crippen molar-refractivity contribution >= 4 is 59.6 Å². The van der Waals surface area contributed by atoms with E-state index >= 15 is 0 Å². The second-order valence-electron chi connectivity index (χ2n) is 4.15. The summed E-state index contributed by atoms with van der Waals surface area (Å²) in [4.78, 5) is 4.27. The third kappa shape index (κ3) is 2.67. The molecule has 2 heterocycles. The summed E-state index contributed by atoms with van der Waals surface area (Å²) in [5.41, 5.74) is 1.89. The maximum atomic E-state index is 12.2. The van der Waals surface area contributed by atoms with Crippen LogP contribution in [0.5, 0.6) is 0 Å². The van der Waals surface area contributed by atoms with Gasteiger partial charge >= 0.3 is 0 Å². The molecule has 1 N–H and O–H groups in total. The summed E-state index contributed by atoms with van der Waals surface area (Å²) in [5.74, 6) is 0. The van der Waals surface area contributed by atoms with E-state index in [1.165, 1.54) is 17.4 Å². The largest absolute Gasteiger partial charge is 0.273 e. The van der Waals surface area contributed by atoms with Crippen LogP contribution in [-0.4, -0.2) is 13.4 Å². The molecule has 0 spiro atoms. The molecule has 4 nitrogen and oxygen atoms in total. The van der Waals surface area contributed by atoms with Gasteiger partial charge in [-0.2, -0.15) is 0 Å². The van der Waals surface area contributed by atoms with E-state index in [9.17, 15) is 8.42 Å². The van der Waals surface area contributed by atoms with Crippen molar-refractivity contribution in [3.8, 4) is 0 Å². The Morgan fingerprint density at radius 2 is 2.00 bits per heavy atom. The Labute approximate surface area is 129 Å². The Bertz CT molecular complexity index is 883. The zero-order valence-electron chi connectivity index (χ0n) is 10.3. The molecule has 2 aromatic heterocycles. The fraction of sp³-hybridized carbons (Fsp3) is 0.0833. The Balaban J connectivity index is 1.96. The number of rotatable bonds is 3. The summed E-state index contributed by atoms with van der Waals surface area (Å²) < 4.78 is 28.4. The quantitative estimate of drug-likeness (QED) is 0.777. The van der Waals surface area contributed by atoms with Crippen molar-refractivity contribution in [3.05, 3.63) is 40.2 Å². The summed E-state index contributed by atoms with van der Waals surface area (Å²) in [7, 11) is -3.62. The average molecular weight is 345 g/mol. The highest BCUT2D eigenvalue weighted by Crippen LogP contribution is 2.31. The minimum Gasteiger partial charge on any atom is -0.254 e. The number of nitrogens with one attached hydrogen (secondary N) is 1. The van der Waals surface area contributed by atoms with Crippen molar-refractivity contribution in [2.75, 3.05) is 4.72 Å². The van der Waals surface area contributed by atoms with Crippen LogP contribution in [-0.2, 0) is 10.0 Å². The fourth-order valence-corrected chi connectivity index (χ4v) is 5.36. The third-order valence-corrected chi connectivity index (χ3v) is 6.70. The summed E-state index contributed by atoms with van der Waals surface area (Å²) >= 11 is 8.09. The number of nitrogens with zero attached hydrogens (tertiary/aromatic N) is 1. The highest BCUT2D eigenvalue weighted by Gasteiger charge is 2.18. The van der Waals surface area contributed by atoms with E-state index in [4.69, 9.17) is 11.6 Å². The molecule has 1 aromatic carbocycles. The van der Waals surface area contributed by atoms with E-state index in [2.05, 4.69) is 9.71 Å². The lowest BCUT2D eigenvalue weighted by molar-refractivity contribution is 0.603. The van der Waals surface area contributed by atoms with E-state index in [0.29, 0.717) is 9.47 Å². The predicted molar refractivity (Wildman–Crippen MR) is 84.5 cm³/mol. The van der Waals surface area contributed by atoms with E-state index in [1.54, 1.807) is 6.07 Å². The molecule has 0 unspecified atom stereocenters. The smallest absolute Gasteiger partial charge is 0.254 e. The zero-order valence-corrected chi connectivity index (χ0v) is 13.5. The maximum Gasteiger partial charge on any atom is 0.273 e. The predicted octanol–water partition coefficient (Wildman–Crippen LogP) is 4.12. The lowest BCUT2D eigenvalue weighted by Gasteiger charge is -2.00. The molecule has 0 saturated carbocycles. The Morgan fingerprint density at radius 3 is 2.70 bits per heavy atom. The normalized spacial score (nSPS) is 11.9. The standard InChI is InChI=1S/C12H9ClN2O2S3/c1-7-2-3-8-9(6-7)18-12(14-8)15-20(16,17)11-5-4-10(13)19-11/h2-6H,1H3,(H,14,15). The maximum absolute atomic E-state index is 12.2. The lowest BCUT2D eigenvalue weighted by atomic mass is 10.2. The first-order valence-electron chi connectivity index (χ1n) is 5.59. The molecule has 3 aromatic rings. The number of hydrogen-bond acceptors (Lipinski definition) is 5. The Kier molecular flexibility index (Phi) is 3.45. The van der Waals surface area contributed by atoms with Crippen LogP contribution in [0.15, 0.2) is 34.5 Å². The fourth-order valence-electron chi connectivity index (χ4n) is 1.68. The topological polar surface area (TPSA) is 59.1 Å². The number of aryl methyl sites for hydroxylation is 1. The number of aromatic nitrogens is 1. The lowest BCUT2D eigenvalue weighted by Crippen LogP contribution is -2.10. The monoisotopic (exact) mass is 344 g/mol. The van der Waals surface area contributed by atoms with Gasteiger partial charge in [-0.05, 0) is 36.8 Å². The van der Waals surface area contributed by atoms with Gasteiger partial charge in [0.2, 0.25) is 0 Å². The molecular formula is C12H9ClN2O2S3. The number of fused-ring (bicyclic) bond motifs is 1. The minimum atomic E-state index is -3.62. The van der Waals surface area contributed by atoms with Crippen LogP contribution in [0.1, 0.15) is 5.56 Å².